The maximum absolute atomic E-state index is 11.4. The lowest BCUT2D eigenvalue weighted by atomic mass is 10.1. The molecule has 1 unspecified atom stereocenters. The maximum Gasteiger partial charge on any atom is 0.335 e. The summed E-state index contributed by atoms with van der Waals surface area (Å²) in [4.78, 5) is 28.1. The number of carbonyl (C=O) groups is 2. The Bertz CT molecular complexity index is 448. The van der Waals surface area contributed by atoms with E-state index in [2.05, 4.69) is 10.3 Å². The fraction of sp³-hybridized carbons (Fsp3) is 0.417. The number of aromatic nitrogens is 1. The number of hydrogen-bond acceptors (Lipinski definition) is 4. The van der Waals surface area contributed by atoms with Crippen LogP contribution in [0.15, 0.2) is 18.3 Å². The number of amides is 1. The van der Waals surface area contributed by atoms with Gasteiger partial charge in [-0.25, -0.2) is 9.78 Å². The molecule has 18 heavy (non-hydrogen) atoms. The first-order chi connectivity index (χ1) is 8.45. The molecule has 0 bridgehead atoms. The van der Waals surface area contributed by atoms with Gasteiger partial charge in [0, 0.05) is 26.8 Å². The van der Waals surface area contributed by atoms with E-state index in [0.29, 0.717) is 12.4 Å². The van der Waals surface area contributed by atoms with Gasteiger partial charge in [-0.15, -0.1) is 0 Å². The average molecular weight is 251 g/mol. The number of hydrogen-bond donors (Lipinski definition) is 2. The van der Waals surface area contributed by atoms with Crippen LogP contribution in [0.5, 0.6) is 0 Å². The zero-order chi connectivity index (χ0) is 13.7. The summed E-state index contributed by atoms with van der Waals surface area (Å²) in [5.74, 6) is -0.719. The van der Waals surface area contributed by atoms with Gasteiger partial charge in [-0.3, -0.25) is 4.79 Å². The van der Waals surface area contributed by atoms with Gasteiger partial charge in [-0.2, -0.15) is 0 Å². The van der Waals surface area contributed by atoms with Crippen LogP contribution in [-0.4, -0.2) is 42.6 Å². The van der Waals surface area contributed by atoms with Crippen molar-refractivity contribution in [3.8, 4) is 0 Å². The Balaban J connectivity index is 2.78. The predicted octanol–water partition coefficient (Wildman–Crippen LogP) is 0.598. The molecule has 0 saturated carbocycles. The molecule has 0 spiro atoms. The first-order valence-electron chi connectivity index (χ1n) is 5.57. The van der Waals surface area contributed by atoms with Crippen molar-refractivity contribution in [1.29, 1.82) is 0 Å². The van der Waals surface area contributed by atoms with Crippen molar-refractivity contribution in [2.24, 2.45) is 5.92 Å². The first-order valence-corrected chi connectivity index (χ1v) is 5.57. The number of aromatic carboxylic acids is 1. The summed E-state index contributed by atoms with van der Waals surface area (Å²) in [6, 6.07) is 2.92. The average Bonchev–Trinajstić information content (AvgIpc) is 2.37. The van der Waals surface area contributed by atoms with Gasteiger partial charge in [0.2, 0.25) is 5.91 Å². The van der Waals surface area contributed by atoms with E-state index in [-0.39, 0.29) is 17.4 Å². The van der Waals surface area contributed by atoms with Crippen molar-refractivity contribution >= 4 is 17.7 Å². The van der Waals surface area contributed by atoms with Crippen LogP contribution in [0.4, 0.5) is 5.82 Å². The van der Waals surface area contributed by atoms with Crippen molar-refractivity contribution in [3.05, 3.63) is 23.9 Å². The summed E-state index contributed by atoms with van der Waals surface area (Å²) in [6.07, 6.45) is 1.44. The van der Waals surface area contributed by atoms with Crippen molar-refractivity contribution in [2.45, 2.75) is 6.92 Å². The summed E-state index contributed by atoms with van der Waals surface area (Å²) in [7, 11) is 3.36. The van der Waals surface area contributed by atoms with Gasteiger partial charge in [-0.05, 0) is 12.1 Å². The Hall–Kier alpha value is -2.11. The van der Waals surface area contributed by atoms with Crippen molar-refractivity contribution < 1.29 is 14.7 Å². The smallest absolute Gasteiger partial charge is 0.335 e. The van der Waals surface area contributed by atoms with Crippen LogP contribution in [-0.2, 0) is 4.79 Å². The fourth-order valence-electron chi connectivity index (χ4n) is 1.59. The number of nitrogens with zero attached hydrogens (tertiary/aromatic N) is 2. The number of carboxylic acids is 1. The third-order valence-corrected chi connectivity index (χ3v) is 2.63. The van der Waals surface area contributed by atoms with Gasteiger partial charge >= 0.3 is 5.97 Å². The molecule has 1 aromatic rings. The highest BCUT2D eigenvalue weighted by Gasteiger charge is 2.15. The molecule has 0 aromatic carbocycles. The van der Waals surface area contributed by atoms with Gasteiger partial charge in [-0.1, -0.05) is 6.92 Å². The molecule has 1 aromatic heterocycles. The number of anilines is 1. The van der Waals surface area contributed by atoms with E-state index < -0.39 is 5.97 Å². The Morgan fingerprint density at radius 2 is 2.22 bits per heavy atom. The molecule has 6 heteroatoms. The number of rotatable bonds is 5. The van der Waals surface area contributed by atoms with Crippen LogP contribution < -0.4 is 10.2 Å². The van der Waals surface area contributed by atoms with Crippen molar-refractivity contribution in [2.75, 3.05) is 25.5 Å². The summed E-state index contributed by atoms with van der Waals surface area (Å²) < 4.78 is 0. The number of nitrogens with one attached hydrogen (secondary N) is 1. The summed E-state index contributed by atoms with van der Waals surface area (Å²) in [6.45, 7) is 2.27. The second-order valence-corrected chi connectivity index (χ2v) is 4.10. The molecule has 0 aliphatic heterocycles. The Morgan fingerprint density at radius 1 is 1.56 bits per heavy atom. The molecule has 98 valence electrons. The second-order valence-electron chi connectivity index (χ2n) is 4.10. The van der Waals surface area contributed by atoms with E-state index >= 15 is 0 Å². The highest BCUT2D eigenvalue weighted by atomic mass is 16.4. The molecule has 1 atom stereocenters. The number of carboxylic acid groups (broad SMARTS) is 1. The zero-order valence-electron chi connectivity index (χ0n) is 10.7. The molecule has 0 radical (unpaired) electrons. The van der Waals surface area contributed by atoms with E-state index in [1.165, 1.54) is 18.3 Å². The van der Waals surface area contributed by atoms with Gasteiger partial charge in [0.15, 0.2) is 0 Å². The lowest BCUT2D eigenvalue weighted by molar-refractivity contribution is -0.123. The van der Waals surface area contributed by atoms with E-state index in [0.717, 1.165) is 0 Å². The van der Waals surface area contributed by atoms with E-state index in [1.807, 2.05) is 0 Å². The largest absolute Gasteiger partial charge is 0.478 e. The van der Waals surface area contributed by atoms with Crippen LogP contribution in [0.2, 0.25) is 0 Å². The second kappa shape index (κ2) is 6.00. The lowest BCUT2D eigenvalue weighted by Crippen LogP contribution is -2.34. The van der Waals surface area contributed by atoms with Gasteiger partial charge < -0.3 is 15.3 Å². The molecule has 1 rings (SSSR count). The normalized spacial score (nSPS) is 11.7. The van der Waals surface area contributed by atoms with Gasteiger partial charge in [0.25, 0.3) is 0 Å². The monoisotopic (exact) mass is 251 g/mol. The summed E-state index contributed by atoms with van der Waals surface area (Å²) in [5.41, 5.74) is 0.180. The SMILES string of the molecule is CNC(=O)C(C)CN(C)c1cc(C(=O)O)ccn1. The molecule has 1 amide bonds. The lowest BCUT2D eigenvalue weighted by Gasteiger charge is -2.21. The van der Waals surface area contributed by atoms with Crippen LogP contribution in [0.3, 0.4) is 0 Å². The zero-order valence-corrected chi connectivity index (χ0v) is 10.7. The Morgan fingerprint density at radius 3 is 2.78 bits per heavy atom. The third-order valence-electron chi connectivity index (χ3n) is 2.63. The van der Waals surface area contributed by atoms with E-state index in [1.54, 1.807) is 25.9 Å². The Labute approximate surface area is 106 Å². The summed E-state index contributed by atoms with van der Waals surface area (Å²) >= 11 is 0. The Kier molecular flexibility index (Phi) is 4.65. The van der Waals surface area contributed by atoms with Crippen molar-refractivity contribution in [3.63, 3.8) is 0 Å². The van der Waals surface area contributed by atoms with Crippen LogP contribution in [0.25, 0.3) is 0 Å². The quantitative estimate of drug-likeness (QED) is 0.800. The number of carbonyl (C=O) groups excluding carboxylic acids is 1. The maximum atomic E-state index is 11.4. The van der Waals surface area contributed by atoms with Gasteiger partial charge in [0.1, 0.15) is 5.82 Å². The molecular formula is C12H17N3O3. The molecule has 1 heterocycles. The molecule has 0 saturated heterocycles. The van der Waals surface area contributed by atoms with Crippen LogP contribution >= 0.6 is 0 Å². The predicted molar refractivity (Wildman–Crippen MR) is 67.7 cm³/mol. The minimum atomic E-state index is -0.994. The van der Waals surface area contributed by atoms with E-state index in [9.17, 15) is 9.59 Å². The molecule has 0 fully saturated rings. The standard InChI is InChI=1S/C12H17N3O3/c1-8(11(16)13-2)7-15(3)10-6-9(12(17)18)4-5-14-10/h4-6,8H,7H2,1-3H3,(H,13,16)(H,17,18). The molecule has 6 nitrogen and oxygen atoms in total. The fourth-order valence-corrected chi connectivity index (χ4v) is 1.59. The first kappa shape index (κ1) is 14.0. The molecule has 0 aliphatic rings. The third kappa shape index (κ3) is 3.44. The highest BCUT2D eigenvalue weighted by molar-refractivity contribution is 5.88. The van der Waals surface area contributed by atoms with Gasteiger partial charge in [0.05, 0.1) is 11.5 Å². The molecule has 0 aliphatic carbocycles. The summed E-state index contributed by atoms with van der Waals surface area (Å²) in [5, 5.41) is 11.5. The molecular weight excluding hydrogens is 234 g/mol. The van der Waals surface area contributed by atoms with Crippen molar-refractivity contribution in [1.82, 2.24) is 10.3 Å². The minimum Gasteiger partial charge on any atom is -0.478 e. The highest BCUT2D eigenvalue weighted by Crippen LogP contribution is 2.13. The van der Waals surface area contributed by atoms with Crippen LogP contribution in [0.1, 0.15) is 17.3 Å². The minimum absolute atomic E-state index is 0.0590. The topological polar surface area (TPSA) is 82.5 Å². The molecule has 2 N–H and O–H groups in total. The number of pyridine rings is 1. The van der Waals surface area contributed by atoms with Crippen LogP contribution in [0, 0.1) is 5.92 Å². The van der Waals surface area contributed by atoms with E-state index in [4.69, 9.17) is 5.11 Å².